The number of unbranched alkanes of at least 4 members (excludes halogenated alkanes) is 3. The summed E-state index contributed by atoms with van der Waals surface area (Å²) in [4.78, 5) is 6.37. The fourth-order valence-electron chi connectivity index (χ4n) is 3.17. The molecule has 0 amide bonds. The van der Waals surface area contributed by atoms with Crippen LogP contribution in [-0.2, 0) is 6.42 Å². The van der Waals surface area contributed by atoms with E-state index in [0.717, 1.165) is 29.7 Å². The predicted octanol–water partition coefficient (Wildman–Crippen LogP) is 5.59. The average molecular weight is 335 g/mol. The molecule has 0 radical (unpaired) electrons. The highest BCUT2D eigenvalue weighted by molar-refractivity contribution is 5.75. The first-order valence-corrected chi connectivity index (χ1v) is 9.39. The van der Waals surface area contributed by atoms with Crippen molar-refractivity contribution in [3.05, 3.63) is 47.8 Å². The Labute approximate surface area is 152 Å². The van der Waals surface area contributed by atoms with Gasteiger partial charge in [-0.25, -0.2) is 0 Å². The molecule has 1 aromatic carbocycles. The van der Waals surface area contributed by atoms with Gasteiger partial charge in [-0.15, -0.1) is 0 Å². The molecule has 0 bridgehead atoms. The van der Waals surface area contributed by atoms with Crippen LogP contribution >= 0.6 is 0 Å². The summed E-state index contributed by atoms with van der Waals surface area (Å²) in [6, 6.07) is 10.4. The highest BCUT2D eigenvalue weighted by Crippen LogP contribution is 2.33. The molecule has 2 aromatic rings. The minimum atomic E-state index is 0.723. The van der Waals surface area contributed by atoms with Crippen molar-refractivity contribution < 1.29 is 0 Å². The van der Waals surface area contributed by atoms with Crippen molar-refractivity contribution in [2.24, 2.45) is 0 Å². The summed E-state index contributed by atoms with van der Waals surface area (Å²) in [5.74, 6) is 0. The molecule has 3 nitrogen and oxygen atoms in total. The maximum Gasteiger partial charge on any atom is 0.0998 e. The smallest absolute Gasteiger partial charge is 0.0998 e. The molecule has 25 heavy (non-hydrogen) atoms. The average Bonchev–Trinajstić information content (AvgIpc) is 2.67. The standard InChI is InChI=1S/C16H15N3.C6H14/c1-19-7-3-5-12-8-15(13-4-2-6-18-11-13)14(10-17)9-16(12)19;1-3-5-6-4-2/h2,4,6,8-9,11H,3,5,7H2,1H3;3-6H2,1-2H3. The number of rotatable bonds is 4. The van der Waals surface area contributed by atoms with Gasteiger partial charge in [-0.1, -0.05) is 45.6 Å². The fourth-order valence-corrected chi connectivity index (χ4v) is 3.17. The van der Waals surface area contributed by atoms with E-state index in [0.29, 0.717) is 0 Å². The van der Waals surface area contributed by atoms with E-state index >= 15 is 0 Å². The number of nitrogens with zero attached hydrogens (tertiary/aromatic N) is 3. The van der Waals surface area contributed by atoms with Crippen LogP contribution in [0, 0.1) is 11.3 Å². The van der Waals surface area contributed by atoms with Gasteiger partial charge in [0.25, 0.3) is 0 Å². The van der Waals surface area contributed by atoms with Crippen LogP contribution in [0.5, 0.6) is 0 Å². The van der Waals surface area contributed by atoms with Gasteiger partial charge in [0.1, 0.15) is 0 Å². The topological polar surface area (TPSA) is 39.9 Å². The second-order valence-corrected chi connectivity index (χ2v) is 6.61. The van der Waals surface area contributed by atoms with E-state index in [-0.39, 0.29) is 0 Å². The Bertz CT molecular complexity index is 697. The maximum absolute atomic E-state index is 9.38. The molecule has 1 aromatic heterocycles. The summed E-state index contributed by atoms with van der Waals surface area (Å²) in [6.07, 6.45) is 11.4. The monoisotopic (exact) mass is 335 g/mol. The quantitative estimate of drug-likeness (QED) is 0.684. The van der Waals surface area contributed by atoms with Gasteiger partial charge in [0.15, 0.2) is 0 Å². The van der Waals surface area contributed by atoms with Crippen LogP contribution in [0.15, 0.2) is 36.7 Å². The number of benzene rings is 1. The SMILES string of the molecule is CCCCCC.CN1CCCc2cc(-c3cccnc3)c(C#N)cc21. The number of hydrogen-bond donors (Lipinski definition) is 0. The second kappa shape index (κ2) is 9.84. The number of hydrogen-bond acceptors (Lipinski definition) is 3. The Morgan fingerprint density at radius 1 is 1.20 bits per heavy atom. The maximum atomic E-state index is 9.38. The van der Waals surface area contributed by atoms with Crippen molar-refractivity contribution in [1.82, 2.24) is 4.98 Å². The summed E-state index contributed by atoms with van der Waals surface area (Å²) in [5.41, 5.74) is 5.24. The largest absolute Gasteiger partial charge is 0.374 e. The van der Waals surface area contributed by atoms with E-state index in [1.165, 1.54) is 43.4 Å². The molecule has 0 spiro atoms. The Hall–Kier alpha value is -2.34. The lowest BCUT2D eigenvalue weighted by molar-refractivity contribution is 0.702. The van der Waals surface area contributed by atoms with Gasteiger partial charge < -0.3 is 4.90 Å². The van der Waals surface area contributed by atoms with Gasteiger partial charge in [-0.05, 0) is 36.6 Å². The van der Waals surface area contributed by atoms with E-state index in [4.69, 9.17) is 0 Å². The number of aryl methyl sites for hydroxylation is 1. The third kappa shape index (κ3) is 5.06. The third-order valence-electron chi connectivity index (χ3n) is 4.62. The first-order chi connectivity index (χ1) is 12.2. The molecule has 0 fully saturated rings. The van der Waals surface area contributed by atoms with E-state index in [9.17, 15) is 5.26 Å². The molecule has 0 N–H and O–H groups in total. The number of pyridine rings is 1. The van der Waals surface area contributed by atoms with E-state index in [1.807, 2.05) is 24.4 Å². The van der Waals surface area contributed by atoms with Crippen LogP contribution < -0.4 is 4.90 Å². The summed E-state index contributed by atoms with van der Waals surface area (Å²) in [6.45, 7) is 5.52. The molecule has 132 valence electrons. The Morgan fingerprint density at radius 2 is 1.96 bits per heavy atom. The molecule has 3 rings (SSSR count). The Morgan fingerprint density at radius 3 is 2.56 bits per heavy atom. The van der Waals surface area contributed by atoms with Crippen LogP contribution in [0.1, 0.15) is 57.1 Å². The molecular formula is C22H29N3. The molecule has 1 aliphatic rings. The molecule has 0 saturated carbocycles. The molecule has 3 heteroatoms. The summed E-state index contributed by atoms with van der Waals surface area (Å²) in [7, 11) is 2.09. The van der Waals surface area contributed by atoms with Crippen molar-refractivity contribution in [3.8, 4) is 17.2 Å². The van der Waals surface area contributed by atoms with Crippen LogP contribution in [-0.4, -0.2) is 18.6 Å². The van der Waals surface area contributed by atoms with Gasteiger partial charge in [-0.3, -0.25) is 4.98 Å². The van der Waals surface area contributed by atoms with Gasteiger partial charge in [0.2, 0.25) is 0 Å². The van der Waals surface area contributed by atoms with Gasteiger partial charge in [0.05, 0.1) is 11.6 Å². The van der Waals surface area contributed by atoms with Gasteiger partial charge in [-0.2, -0.15) is 5.26 Å². The fraction of sp³-hybridized carbons (Fsp3) is 0.455. The van der Waals surface area contributed by atoms with Gasteiger partial charge in [0, 0.05) is 42.8 Å². The lowest BCUT2D eigenvalue weighted by atomic mass is 9.93. The number of nitriles is 1. The number of fused-ring (bicyclic) bond motifs is 1. The van der Waals surface area contributed by atoms with Crippen molar-refractivity contribution in [2.75, 3.05) is 18.5 Å². The first-order valence-electron chi connectivity index (χ1n) is 9.39. The lowest BCUT2D eigenvalue weighted by Crippen LogP contribution is -2.24. The Kier molecular flexibility index (Phi) is 7.47. The summed E-state index contributed by atoms with van der Waals surface area (Å²) < 4.78 is 0. The van der Waals surface area contributed by atoms with Crippen LogP contribution in [0.4, 0.5) is 5.69 Å². The third-order valence-corrected chi connectivity index (χ3v) is 4.62. The highest BCUT2D eigenvalue weighted by atomic mass is 15.1. The van der Waals surface area contributed by atoms with Crippen molar-refractivity contribution in [1.29, 1.82) is 5.26 Å². The molecular weight excluding hydrogens is 306 g/mol. The molecule has 0 aliphatic carbocycles. The van der Waals surface area contributed by atoms with E-state index in [1.54, 1.807) is 6.20 Å². The molecule has 0 atom stereocenters. The van der Waals surface area contributed by atoms with Crippen LogP contribution in [0.2, 0.25) is 0 Å². The van der Waals surface area contributed by atoms with Crippen molar-refractivity contribution in [3.63, 3.8) is 0 Å². The zero-order valence-corrected chi connectivity index (χ0v) is 15.8. The first kappa shape index (κ1) is 19.0. The Balaban J connectivity index is 0.000000326. The van der Waals surface area contributed by atoms with Gasteiger partial charge >= 0.3 is 0 Å². The summed E-state index contributed by atoms with van der Waals surface area (Å²) >= 11 is 0. The normalized spacial score (nSPS) is 12.6. The summed E-state index contributed by atoms with van der Waals surface area (Å²) in [5, 5.41) is 9.38. The number of anilines is 1. The minimum absolute atomic E-state index is 0.723. The van der Waals surface area contributed by atoms with Crippen molar-refractivity contribution in [2.45, 2.75) is 52.4 Å². The van der Waals surface area contributed by atoms with E-state index < -0.39 is 0 Å². The van der Waals surface area contributed by atoms with Crippen LogP contribution in [0.25, 0.3) is 11.1 Å². The lowest BCUT2D eigenvalue weighted by Gasteiger charge is -2.28. The molecule has 0 saturated heterocycles. The molecule has 1 aliphatic heterocycles. The minimum Gasteiger partial charge on any atom is -0.374 e. The van der Waals surface area contributed by atoms with Crippen LogP contribution in [0.3, 0.4) is 0 Å². The number of aromatic nitrogens is 1. The highest BCUT2D eigenvalue weighted by Gasteiger charge is 2.17. The zero-order chi connectivity index (χ0) is 18.1. The molecule has 2 heterocycles. The molecule has 0 unspecified atom stereocenters. The zero-order valence-electron chi connectivity index (χ0n) is 15.8. The van der Waals surface area contributed by atoms with E-state index in [2.05, 4.69) is 42.9 Å². The predicted molar refractivity (Wildman–Crippen MR) is 106 cm³/mol. The van der Waals surface area contributed by atoms with Crippen molar-refractivity contribution >= 4 is 5.69 Å². The second-order valence-electron chi connectivity index (χ2n) is 6.61.